The Morgan fingerprint density at radius 2 is 1.92 bits per heavy atom. The van der Waals surface area contributed by atoms with E-state index < -0.39 is 24.2 Å². The number of hydrogen-bond donors (Lipinski definition) is 0. The summed E-state index contributed by atoms with van der Waals surface area (Å²) in [6.45, 7) is 3.09. The van der Waals surface area contributed by atoms with Crippen molar-refractivity contribution in [2.75, 3.05) is 6.61 Å². The Bertz CT molecular complexity index is 642. The van der Waals surface area contributed by atoms with E-state index in [2.05, 4.69) is 0 Å². The van der Waals surface area contributed by atoms with Gasteiger partial charge in [0.25, 0.3) is 6.23 Å². The molecule has 7 nitrogen and oxygen atoms in total. The number of ketones is 1. The van der Waals surface area contributed by atoms with Gasteiger partial charge in [-0.3, -0.25) is 14.5 Å². The van der Waals surface area contributed by atoms with Crippen LogP contribution in [0.15, 0.2) is 30.3 Å². The van der Waals surface area contributed by atoms with Crippen LogP contribution in [0.2, 0.25) is 0 Å². The van der Waals surface area contributed by atoms with Gasteiger partial charge in [-0.05, 0) is 26.0 Å². The smallest absolute Gasteiger partial charge is 0.369 e. The molecule has 24 heavy (non-hydrogen) atoms. The molecule has 0 N–H and O–H groups in total. The number of ether oxygens (including phenoxy) is 2. The lowest BCUT2D eigenvalue weighted by atomic mass is 9.96. The van der Waals surface area contributed by atoms with Gasteiger partial charge in [0.2, 0.25) is 5.91 Å². The molecular formula is C17H19NO6. The van der Waals surface area contributed by atoms with E-state index >= 15 is 0 Å². The molecule has 1 aromatic rings. The van der Waals surface area contributed by atoms with E-state index in [4.69, 9.17) is 9.47 Å². The molecule has 2 rings (SSSR count). The maximum absolute atomic E-state index is 12.2. The molecule has 0 radical (unpaired) electrons. The normalized spacial score (nSPS) is 17.7. The Balaban J connectivity index is 2.18. The monoisotopic (exact) mass is 333 g/mol. The summed E-state index contributed by atoms with van der Waals surface area (Å²) in [6, 6.07) is 7.66. The van der Waals surface area contributed by atoms with Crippen molar-refractivity contribution in [1.29, 1.82) is 0 Å². The molecule has 1 aliphatic rings. The van der Waals surface area contributed by atoms with Crippen molar-refractivity contribution in [2.45, 2.75) is 39.0 Å². The fourth-order valence-electron chi connectivity index (χ4n) is 2.50. The van der Waals surface area contributed by atoms with E-state index in [0.717, 1.165) is 4.90 Å². The van der Waals surface area contributed by atoms with Crippen LogP contribution in [0.3, 0.4) is 0 Å². The predicted molar refractivity (Wildman–Crippen MR) is 82.8 cm³/mol. The van der Waals surface area contributed by atoms with Crippen molar-refractivity contribution in [1.82, 2.24) is 4.90 Å². The van der Waals surface area contributed by atoms with Crippen molar-refractivity contribution >= 4 is 23.6 Å². The minimum atomic E-state index is -1.48. The maximum atomic E-state index is 12.2. The Morgan fingerprint density at radius 3 is 2.46 bits per heavy atom. The maximum Gasteiger partial charge on any atom is 0.369 e. The summed E-state index contributed by atoms with van der Waals surface area (Å²) in [5, 5.41) is 0. The number of esters is 2. The highest BCUT2D eigenvalue weighted by atomic mass is 16.6. The third kappa shape index (κ3) is 3.98. The first kappa shape index (κ1) is 17.7. The van der Waals surface area contributed by atoms with Gasteiger partial charge in [0.1, 0.15) is 5.78 Å². The second kappa shape index (κ2) is 7.72. The number of nitrogens with zero attached hydrogens (tertiary/aromatic N) is 1. The number of amides is 1. The van der Waals surface area contributed by atoms with Crippen molar-refractivity contribution in [3.05, 3.63) is 35.9 Å². The van der Waals surface area contributed by atoms with Gasteiger partial charge in [0.15, 0.2) is 0 Å². The number of carbonyl (C=O) groups is 4. The highest BCUT2D eigenvalue weighted by Crippen LogP contribution is 2.27. The molecular weight excluding hydrogens is 314 g/mol. The van der Waals surface area contributed by atoms with Crippen molar-refractivity contribution < 1.29 is 28.7 Å². The molecule has 0 aliphatic carbocycles. The highest BCUT2D eigenvalue weighted by molar-refractivity contribution is 5.94. The largest absolute Gasteiger partial charge is 0.462 e. The molecule has 0 bridgehead atoms. The zero-order valence-corrected chi connectivity index (χ0v) is 13.6. The Hall–Kier alpha value is -2.70. The van der Waals surface area contributed by atoms with Gasteiger partial charge in [0, 0.05) is 12.8 Å². The number of Topliss-reactive ketones (excluding diaryl/α,β-unsaturated/α-hetero) is 1. The van der Waals surface area contributed by atoms with Crippen LogP contribution in [-0.2, 0) is 23.9 Å². The molecule has 1 aromatic carbocycles. The van der Waals surface area contributed by atoms with E-state index in [9.17, 15) is 19.2 Å². The lowest BCUT2D eigenvalue weighted by Gasteiger charge is -2.43. The molecule has 128 valence electrons. The van der Waals surface area contributed by atoms with Crippen LogP contribution >= 0.6 is 0 Å². The number of benzene rings is 1. The standard InChI is InChI=1S/C17H19NO6/c1-3-23-17(22)15(18-13(9-11(2)19)10-14(18)20)24-16(21)12-7-5-4-6-8-12/h4-8,13,15H,3,9-10H2,1-2H3/t13-,15?/m1/s1. The summed E-state index contributed by atoms with van der Waals surface area (Å²) in [6.07, 6.45) is -1.24. The fourth-order valence-corrected chi connectivity index (χ4v) is 2.50. The lowest BCUT2D eigenvalue weighted by molar-refractivity contribution is -0.184. The SMILES string of the molecule is CCOC(=O)C(OC(=O)c1ccccc1)N1C(=O)C[C@H]1CC(C)=O. The van der Waals surface area contributed by atoms with E-state index in [1.165, 1.54) is 19.1 Å². The summed E-state index contributed by atoms with van der Waals surface area (Å²) < 4.78 is 10.1. The number of likely N-dealkylation sites (tertiary alicyclic amines) is 1. The van der Waals surface area contributed by atoms with Gasteiger partial charge in [0.05, 0.1) is 18.2 Å². The molecule has 1 amide bonds. The average molecular weight is 333 g/mol. The van der Waals surface area contributed by atoms with Gasteiger partial charge in [-0.15, -0.1) is 0 Å². The second-order valence-electron chi connectivity index (χ2n) is 5.44. The first-order valence-electron chi connectivity index (χ1n) is 7.67. The third-order valence-corrected chi connectivity index (χ3v) is 3.58. The van der Waals surface area contributed by atoms with Crippen molar-refractivity contribution in [3.8, 4) is 0 Å². The zero-order chi connectivity index (χ0) is 17.7. The van der Waals surface area contributed by atoms with Crippen LogP contribution in [0.1, 0.15) is 37.0 Å². The van der Waals surface area contributed by atoms with E-state index in [1.807, 2.05) is 0 Å². The van der Waals surface area contributed by atoms with Crippen LogP contribution in [0, 0.1) is 0 Å². The molecule has 1 aliphatic heterocycles. The predicted octanol–water partition coefficient (Wildman–Crippen LogP) is 1.31. The minimum Gasteiger partial charge on any atom is -0.462 e. The first-order valence-corrected chi connectivity index (χ1v) is 7.67. The molecule has 1 saturated heterocycles. The van der Waals surface area contributed by atoms with Crippen LogP contribution in [0.5, 0.6) is 0 Å². The number of hydrogen-bond acceptors (Lipinski definition) is 6. The van der Waals surface area contributed by atoms with Gasteiger partial charge in [-0.25, -0.2) is 9.59 Å². The number of rotatable bonds is 7. The summed E-state index contributed by atoms with van der Waals surface area (Å²) in [5.74, 6) is -2.05. The molecule has 7 heteroatoms. The van der Waals surface area contributed by atoms with Gasteiger partial charge < -0.3 is 9.47 Å². The van der Waals surface area contributed by atoms with E-state index in [1.54, 1.807) is 25.1 Å². The summed E-state index contributed by atoms with van der Waals surface area (Å²) in [7, 11) is 0. The molecule has 2 atom stereocenters. The Kier molecular flexibility index (Phi) is 5.68. The van der Waals surface area contributed by atoms with Crippen molar-refractivity contribution in [2.24, 2.45) is 0 Å². The van der Waals surface area contributed by atoms with Crippen molar-refractivity contribution in [3.63, 3.8) is 0 Å². The van der Waals surface area contributed by atoms with Gasteiger partial charge >= 0.3 is 11.9 Å². The molecule has 1 fully saturated rings. The number of β-lactam (4-membered cyclic amide) rings is 1. The summed E-state index contributed by atoms with van der Waals surface area (Å²) >= 11 is 0. The molecule has 0 aromatic heterocycles. The minimum absolute atomic E-state index is 0.0810. The first-order chi connectivity index (χ1) is 11.4. The molecule has 1 unspecified atom stereocenters. The van der Waals surface area contributed by atoms with Gasteiger partial charge in [-0.2, -0.15) is 0 Å². The van der Waals surface area contributed by atoms with Crippen LogP contribution in [0.25, 0.3) is 0 Å². The molecule has 0 spiro atoms. The average Bonchev–Trinajstić information content (AvgIpc) is 2.54. The second-order valence-corrected chi connectivity index (χ2v) is 5.44. The Labute approximate surface area is 139 Å². The fraction of sp³-hybridized carbons (Fsp3) is 0.412. The van der Waals surface area contributed by atoms with Crippen LogP contribution in [0.4, 0.5) is 0 Å². The summed E-state index contributed by atoms with van der Waals surface area (Å²) in [5.41, 5.74) is 0.253. The zero-order valence-electron chi connectivity index (χ0n) is 13.6. The quantitative estimate of drug-likeness (QED) is 0.552. The third-order valence-electron chi connectivity index (χ3n) is 3.58. The van der Waals surface area contributed by atoms with Crippen LogP contribution < -0.4 is 0 Å². The molecule has 1 heterocycles. The Morgan fingerprint density at radius 1 is 1.25 bits per heavy atom. The van der Waals surface area contributed by atoms with Crippen LogP contribution in [-0.4, -0.2) is 47.4 Å². The van der Waals surface area contributed by atoms with E-state index in [-0.39, 0.29) is 36.7 Å². The van der Waals surface area contributed by atoms with Gasteiger partial charge in [-0.1, -0.05) is 18.2 Å². The topological polar surface area (TPSA) is 90.0 Å². The molecule has 0 saturated carbocycles. The van der Waals surface area contributed by atoms with E-state index in [0.29, 0.717) is 0 Å². The number of carbonyl (C=O) groups excluding carboxylic acids is 4. The lowest BCUT2D eigenvalue weighted by Crippen LogP contribution is -2.61. The highest BCUT2D eigenvalue weighted by Gasteiger charge is 2.46. The summed E-state index contributed by atoms with van der Waals surface area (Å²) in [4.78, 5) is 48.7.